The summed E-state index contributed by atoms with van der Waals surface area (Å²) in [6, 6.07) is 5.19. The van der Waals surface area contributed by atoms with Crippen molar-refractivity contribution in [3.05, 3.63) is 23.8 Å². The third kappa shape index (κ3) is 5.94. The molecule has 0 aromatic heterocycles. The van der Waals surface area contributed by atoms with E-state index in [4.69, 9.17) is 4.74 Å². The third-order valence-corrected chi connectivity index (χ3v) is 3.92. The monoisotopic (exact) mass is 296 g/mol. The fraction of sp³-hybridized carbons (Fsp3) is 0.647. The lowest BCUT2D eigenvalue weighted by molar-refractivity contribution is 0.0427. The summed E-state index contributed by atoms with van der Waals surface area (Å²) in [7, 11) is 1.51. The summed E-state index contributed by atoms with van der Waals surface area (Å²) in [5, 5.41) is 29.6. The predicted octanol–water partition coefficient (Wildman–Crippen LogP) is 2.88. The Kier molecular flexibility index (Phi) is 7.54. The number of methoxy groups -OCH3 is 1. The Morgan fingerprint density at radius 1 is 1.19 bits per heavy atom. The van der Waals surface area contributed by atoms with Gasteiger partial charge in [0.1, 0.15) is 0 Å². The van der Waals surface area contributed by atoms with Gasteiger partial charge in [-0.1, -0.05) is 26.3 Å². The highest BCUT2D eigenvalue weighted by Gasteiger charge is 2.17. The van der Waals surface area contributed by atoms with Crippen LogP contribution < -0.4 is 4.74 Å². The Morgan fingerprint density at radius 3 is 2.52 bits per heavy atom. The van der Waals surface area contributed by atoms with Gasteiger partial charge in [-0.25, -0.2) is 0 Å². The van der Waals surface area contributed by atoms with Crippen molar-refractivity contribution >= 4 is 0 Å². The zero-order valence-corrected chi connectivity index (χ0v) is 13.2. The van der Waals surface area contributed by atoms with E-state index in [-0.39, 0.29) is 11.7 Å². The second-order valence-corrected chi connectivity index (χ2v) is 5.77. The molecule has 4 nitrogen and oxygen atoms in total. The molecule has 0 heterocycles. The number of rotatable bonds is 9. The number of hydrogen-bond donors (Lipinski definition) is 3. The third-order valence-electron chi connectivity index (χ3n) is 3.92. The fourth-order valence-electron chi connectivity index (χ4n) is 2.49. The first-order valence-corrected chi connectivity index (χ1v) is 7.69. The molecule has 1 aromatic carbocycles. The number of phenolic OH excluding ortho intramolecular Hbond substituents is 1. The van der Waals surface area contributed by atoms with Crippen molar-refractivity contribution in [2.75, 3.05) is 7.11 Å². The van der Waals surface area contributed by atoms with E-state index < -0.39 is 12.2 Å². The van der Waals surface area contributed by atoms with Crippen LogP contribution in [0.3, 0.4) is 0 Å². The number of benzene rings is 1. The van der Waals surface area contributed by atoms with Crippen LogP contribution in [-0.4, -0.2) is 34.6 Å². The summed E-state index contributed by atoms with van der Waals surface area (Å²) in [6.07, 6.45) is 2.74. The van der Waals surface area contributed by atoms with E-state index in [1.807, 2.05) is 13.0 Å². The van der Waals surface area contributed by atoms with Crippen molar-refractivity contribution in [3.63, 3.8) is 0 Å². The van der Waals surface area contributed by atoms with E-state index in [0.29, 0.717) is 25.0 Å². The molecule has 0 radical (unpaired) electrons. The number of aliphatic hydroxyl groups is 2. The molecule has 0 aliphatic heterocycles. The summed E-state index contributed by atoms with van der Waals surface area (Å²) >= 11 is 0. The predicted molar refractivity (Wildman–Crippen MR) is 83.7 cm³/mol. The highest BCUT2D eigenvalue weighted by molar-refractivity contribution is 5.41. The van der Waals surface area contributed by atoms with E-state index >= 15 is 0 Å². The maximum Gasteiger partial charge on any atom is 0.160 e. The molecule has 21 heavy (non-hydrogen) atoms. The molecule has 0 amide bonds. The molecule has 0 spiro atoms. The number of ether oxygens (including phenoxy) is 1. The largest absolute Gasteiger partial charge is 0.504 e. The maximum atomic E-state index is 10.0. The molecule has 120 valence electrons. The molecule has 0 bridgehead atoms. The van der Waals surface area contributed by atoms with Gasteiger partial charge in [-0.3, -0.25) is 0 Å². The molecule has 0 saturated carbocycles. The molecule has 0 aliphatic carbocycles. The highest BCUT2D eigenvalue weighted by atomic mass is 16.5. The van der Waals surface area contributed by atoms with Crippen molar-refractivity contribution in [2.45, 2.75) is 58.2 Å². The van der Waals surface area contributed by atoms with E-state index in [9.17, 15) is 15.3 Å². The van der Waals surface area contributed by atoms with Crippen LogP contribution >= 0.6 is 0 Å². The number of aryl methyl sites for hydroxylation is 1. The minimum atomic E-state index is -0.515. The van der Waals surface area contributed by atoms with Gasteiger partial charge in [0.05, 0.1) is 19.3 Å². The number of phenols is 1. The molecular weight excluding hydrogens is 268 g/mol. The molecule has 0 aliphatic rings. The van der Waals surface area contributed by atoms with Crippen molar-refractivity contribution in [1.82, 2.24) is 0 Å². The minimum Gasteiger partial charge on any atom is -0.504 e. The highest BCUT2D eigenvalue weighted by Crippen LogP contribution is 2.27. The van der Waals surface area contributed by atoms with Crippen molar-refractivity contribution in [2.24, 2.45) is 5.92 Å². The zero-order valence-electron chi connectivity index (χ0n) is 13.2. The van der Waals surface area contributed by atoms with Gasteiger partial charge in [0.15, 0.2) is 11.5 Å². The first kappa shape index (κ1) is 17.8. The molecule has 0 fully saturated rings. The number of aromatic hydroxyl groups is 1. The Morgan fingerprint density at radius 2 is 1.90 bits per heavy atom. The Bertz CT molecular complexity index is 419. The normalized spacial score (nSPS) is 15.5. The maximum absolute atomic E-state index is 10.0. The standard InChI is InChI=1S/C17H28O4/c1-4-5-12(2)16(20)11-14(18)8-6-13-7-9-15(19)17(10-13)21-3/h7,9-10,12,14,16,18-20H,4-6,8,11H2,1-3H3. The van der Waals surface area contributed by atoms with Gasteiger partial charge in [0.2, 0.25) is 0 Å². The zero-order chi connectivity index (χ0) is 15.8. The van der Waals surface area contributed by atoms with Crippen molar-refractivity contribution in [3.8, 4) is 11.5 Å². The smallest absolute Gasteiger partial charge is 0.160 e. The quantitative estimate of drug-likeness (QED) is 0.655. The number of aliphatic hydroxyl groups excluding tert-OH is 2. The van der Waals surface area contributed by atoms with Crippen LogP contribution in [0.4, 0.5) is 0 Å². The van der Waals surface area contributed by atoms with Gasteiger partial charge < -0.3 is 20.1 Å². The van der Waals surface area contributed by atoms with Crippen molar-refractivity contribution < 1.29 is 20.1 Å². The average Bonchev–Trinajstić information content (AvgIpc) is 2.46. The Labute approximate surface area is 127 Å². The van der Waals surface area contributed by atoms with Crippen LogP contribution in [0.15, 0.2) is 18.2 Å². The molecule has 0 saturated heterocycles. The van der Waals surface area contributed by atoms with E-state index in [0.717, 1.165) is 18.4 Å². The summed E-state index contributed by atoms with van der Waals surface area (Å²) in [6.45, 7) is 4.11. The number of hydrogen-bond acceptors (Lipinski definition) is 4. The van der Waals surface area contributed by atoms with Crippen molar-refractivity contribution in [1.29, 1.82) is 0 Å². The molecular formula is C17H28O4. The Balaban J connectivity index is 2.44. The van der Waals surface area contributed by atoms with Crippen LogP contribution in [0, 0.1) is 5.92 Å². The summed E-state index contributed by atoms with van der Waals surface area (Å²) in [5.74, 6) is 0.780. The molecule has 3 N–H and O–H groups in total. The Hall–Kier alpha value is -1.26. The van der Waals surface area contributed by atoms with Gasteiger partial charge in [0, 0.05) is 0 Å². The van der Waals surface area contributed by atoms with Crippen LogP contribution in [0.2, 0.25) is 0 Å². The molecule has 3 atom stereocenters. The SMILES string of the molecule is CCCC(C)C(O)CC(O)CCc1ccc(O)c(OC)c1. The minimum absolute atomic E-state index is 0.116. The van der Waals surface area contributed by atoms with E-state index in [1.54, 1.807) is 12.1 Å². The van der Waals surface area contributed by atoms with Crippen LogP contribution in [-0.2, 0) is 6.42 Å². The lowest BCUT2D eigenvalue weighted by Gasteiger charge is -2.21. The lowest BCUT2D eigenvalue weighted by atomic mass is 9.93. The van der Waals surface area contributed by atoms with Crippen LogP contribution in [0.5, 0.6) is 11.5 Å². The molecule has 1 rings (SSSR count). The lowest BCUT2D eigenvalue weighted by Crippen LogP contribution is -2.24. The average molecular weight is 296 g/mol. The summed E-state index contributed by atoms with van der Waals surface area (Å²) in [4.78, 5) is 0. The van der Waals surface area contributed by atoms with Gasteiger partial charge >= 0.3 is 0 Å². The van der Waals surface area contributed by atoms with Gasteiger partial charge in [0.25, 0.3) is 0 Å². The fourth-order valence-corrected chi connectivity index (χ4v) is 2.49. The molecule has 1 aromatic rings. The molecule has 3 unspecified atom stereocenters. The first-order valence-electron chi connectivity index (χ1n) is 7.69. The summed E-state index contributed by atoms with van der Waals surface area (Å²) in [5.41, 5.74) is 1.000. The van der Waals surface area contributed by atoms with Crippen LogP contribution in [0.25, 0.3) is 0 Å². The van der Waals surface area contributed by atoms with E-state index in [1.165, 1.54) is 7.11 Å². The second kappa shape index (κ2) is 8.90. The van der Waals surface area contributed by atoms with E-state index in [2.05, 4.69) is 6.92 Å². The topological polar surface area (TPSA) is 69.9 Å². The van der Waals surface area contributed by atoms with Gasteiger partial charge in [-0.2, -0.15) is 0 Å². The van der Waals surface area contributed by atoms with Gasteiger partial charge in [-0.15, -0.1) is 0 Å². The second-order valence-electron chi connectivity index (χ2n) is 5.77. The first-order chi connectivity index (χ1) is 9.97. The van der Waals surface area contributed by atoms with Crippen LogP contribution in [0.1, 0.15) is 45.1 Å². The van der Waals surface area contributed by atoms with Gasteiger partial charge in [-0.05, 0) is 49.3 Å². The summed E-state index contributed by atoms with van der Waals surface area (Å²) < 4.78 is 5.06. The molecule has 4 heteroatoms.